The van der Waals surface area contributed by atoms with Crippen molar-refractivity contribution in [1.29, 1.82) is 0 Å². The van der Waals surface area contributed by atoms with Crippen LogP contribution in [0.3, 0.4) is 0 Å². The van der Waals surface area contributed by atoms with Crippen molar-refractivity contribution in [2.75, 3.05) is 5.43 Å². The summed E-state index contributed by atoms with van der Waals surface area (Å²) < 4.78 is 23.7. The summed E-state index contributed by atoms with van der Waals surface area (Å²) in [6, 6.07) is 22.9. The number of rotatable bonds is 6. The number of amides is 2. The van der Waals surface area contributed by atoms with E-state index in [1.807, 2.05) is 6.08 Å². The largest absolute Gasteiger partial charge is 0.463 e. The topological polar surface area (TPSA) is 132 Å². The number of hydrazine groups is 1. The van der Waals surface area contributed by atoms with Crippen LogP contribution in [0.1, 0.15) is 35.5 Å². The highest BCUT2D eigenvalue weighted by molar-refractivity contribution is 6.30. The number of allylic oxidation sites excluding steroid dienone is 2. The first-order valence-corrected chi connectivity index (χ1v) is 15.7. The molecule has 8 rings (SSSR count). The minimum atomic E-state index is -1.60. The van der Waals surface area contributed by atoms with Gasteiger partial charge in [0.1, 0.15) is 29.4 Å². The summed E-state index contributed by atoms with van der Waals surface area (Å²) in [5.74, 6) is -3.13. The summed E-state index contributed by atoms with van der Waals surface area (Å²) in [5, 5.41) is 11.3. The molecular weight excluding hydrogens is 641 g/mol. The fraction of sp³-hybridized carbons (Fsp3) is 0.200. The molecule has 2 fully saturated rings. The van der Waals surface area contributed by atoms with Gasteiger partial charge in [-0.3, -0.25) is 15.0 Å². The summed E-state index contributed by atoms with van der Waals surface area (Å²) in [7, 11) is 0. The third kappa shape index (κ3) is 4.22. The molecule has 3 aromatic carbocycles. The number of carbonyl (C=O) groups excluding carboxylic acids is 2. The van der Waals surface area contributed by atoms with Crippen molar-refractivity contribution in [3.63, 3.8) is 0 Å². The van der Waals surface area contributed by atoms with Gasteiger partial charge >= 0.3 is 11.4 Å². The Morgan fingerprint density at radius 3 is 2.33 bits per heavy atom. The molecule has 2 amide bonds. The lowest BCUT2D eigenvalue weighted by atomic mass is 9.54. The predicted molar refractivity (Wildman–Crippen MR) is 172 cm³/mol. The Bertz CT molecular complexity index is 2240. The van der Waals surface area contributed by atoms with Crippen molar-refractivity contribution in [3.8, 4) is 5.69 Å². The van der Waals surface area contributed by atoms with Crippen molar-refractivity contribution >= 4 is 29.1 Å². The summed E-state index contributed by atoms with van der Waals surface area (Å²) >= 11 is 6.30. The molecule has 2 aliphatic heterocycles. The maximum Gasteiger partial charge on any atom is 0.352 e. The standard InChI is InChI=1S/C35H27ClFN5O6/c36-21-8-6-20(7-9-21)35-27(31(44)41(32(35)45)38-23-12-10-22(37)11-13-23)18-28-26(30(35)29-15-14-25(19-43)48-29)16-17-39-33(46)40(34(47)42(28)39)24-4-2-1-3-5-24/h1-16,27-28,30,38,43H,17-19H2. The molecule has 4 heterocycles. The molecule has 0 radical (unpaired) electrons. The van der Waals surface area contributed by atoms with E-state index in [1.54, 1.807) is 66.7 Å². The Balaban J connectivity index is 1.37. The second-order valence-electron chi connectivity index (χ2n) is 12.0. The zero-order valence-corrected chi connectivity index (χ0v) is 25.9. The number of hydrogen-bond acceptors (Lipinski definition) is 7. The molecule has 1 saturated carbocycles. The number of halogens is 2. The van der Waals surface area contributed by atoms with Gasteiger partial charge < -0.3 is 9.52 Å². The fourth-order valence-corrected chi connectivity index (χ4v) is 7.78. The van der Waals surface area contributed by atoms with Gasteiger partial charge in [-0.15, -0.1) is 0 Å². The summed E-state index contributed by atoms with van der Waals surface area (Å²) in [5.41, 5.74) is 1.96. The Morgan fingerprint density at radius 1 is 0.917 bits per heavy atom. The number of hydrogen-bond donors (Lipinski definition) is 2. The average Bonchev–Trinajstić information content (AvgIpc) is 3.74. The van der Waals surface area contributed by atoms with Crippen molar-refractivity contribution in [3.05, 3.63) is 152 Å². The van der Waals surface area contributed by atoms with Crippen LogP contribution in [-0.4, -0.2) is 35.9 Å². The van der Waals surface area contributed by atoms with Crippen LogP contribution in [0.5, 0.6) is 0 Å². The van der Waals surface area contributed by atoms with Crippen LogP contribution in [0.15, 0.2) is 117 Å². The number of furan rings is 1. The molecule has 13 heteroatoms. The molecule has 4 atom stereocenters. The van der Waals surface area contributed by atoms with E-state index in [2.05, 4.69) is 5.43 Å². The molecule has 48 heavy (non-hydrogen) atoms. The van der Waals surface area contributed by atoms with E-state index in [1.165, 1.54) is 33.6 Å². The third-order valence-electron chi connectivity index (χ3n) is 9.66. The highest BCUT2D eigenvalue weighted by Crippen LogP contribution is 2.62. The SMILES string of the molecule is O=C1C2CC3C(=CCn4c(=O)n(-c5ccccc5)c(=O)n43)C(c3ccc(CO)o3)C2(c2ccc(Cl)cc2)C(=O)N1Nc1ccc(F)cc1. The number of imide groups is 1. The minimum absolute atomic E-state index is 0.0111. The van der Waals surface area contributed by atoms with E-state index in [0.29, 0.717) is 33.3 Å². The van der Waals surface area contributed by atoms with E-state index in [4.69, 9.17) is 16.0 Å². The molecule has 4 unspecified atom stereocenters. The lowest BCUT2D eigenvalue weighted by Gasteiger charge is -2.47. The maximum atomic E-state index is 15.0. The monoisotopic (exact) mass is 667 g/mol. The number of fused-ring (bicyclic) bond motifs is 4. The van der Waals surface area contributed by atoms with Gasteiger partial charge in [-0.2, -0.15) is 5.01 Å². The molecule has 1 aliphatic carbocycles. The van der Waals surface area contributed by atoms with Gasteiger partial charge in [0, 0.05) is 5.02 Å². The van der Waals surface area contributed by atoms with E-state index in [9.17, 15) is 23.9 Å². The van der Waals surface area contributed by atoms with Crippen LogP contribution in [0.2, 0.25) is 5.02 Å². The first kappa shape index (κ1) is 29.9. The molecule has 1 saturated heterocycles. The summed E-state index contributed by atoms with van der Waals surface area (Å²) in [6.45, 7) is -0.387. The van der Waals surface area contributed by atoms with Crippen molar-refractivity contribution in [2.45, 2.75) is 36.9 Å². The van der Waals surface area contributed by atoms with Crippen LogP contribution >= 0.6 is 11.6 Å². The maximum absolute atomic E-state index is 15.0. The van der Waals surface area contributed by atoms with E-state index in [-0.39, 0.29) is 18.7 Å². The first-order valence-electron chi connectivity index (χ1n) is 15.3. The average molecular weight is 668 g/mol. The number of aliphatic hydroxyl groups is 1. The number of aromatic nitrogens is 3. The smallest absolute Gasteiger partial charge is 0.352 e. The van der Waals surface area contributed by atoms with Crippen LogP contribution < -0.4 is 16.8 Å². The number of carbonyl (C=O) groups is 2. The number of aliphatic hydroxyl groups excluding tert-OH is 1. The molecule has 0 bridgehead atoms. The Morgan fingerprint density at radius 2 is 1.65 bits per heavy atom. The lowest BCUT2D eigenvalue weighted by Crippen LogP contribution is -2.53. The molecule has 3 aliphatic rings. The number of para-hydroxylation sites is 1. The Labute approximate surface area is 276 Å². The minimum Gasteiger partial charge on any atom is -0.463 e. The number of benzene rings is 3. The van der Waals surface area contributed by atoms with Crippen LogP contribution in [0, 0.1) is 11.7 Å². The molecule has 11 nitrogen and oxygen atoms in total. The van der Waals surface area contributed by atoms with E-state index < -0.39 is 58.9 Å². The van der Waals surface area contributed by atoms with Gasteiger partial charge in [-0.25, -0.2) is 27.9 Å². The molecule has 0 spiro atoms. The van der Waals surface area contributed by atoms with Gasteiger partial charge in [0.05, 0.1) is 35.8 Å². The first-order chi connectivity index (χ1) is 23.2. The number of anilines is 1. The zero-order valence-electron chi connectivity index (χ0n) is 25.1. The summed E-state index contributed by atoms with van der Waals surface area (Å²) in [4.78, 5) is 57.4. The molecule has 5 aromatic rings. The predicted octanol–water partition coefficient (Wildman–Crippen LogP) is 4.30. The van der Waals surface area contributed by atoms with Gasteiger partial charge in [0.15, 0.2) is 0 Å². The third-order valence-corrected chi connectivity index (χ3v) is 9.91. The van der Waals surface area contributed by atoms with Crippen molar-refractivity contribution in [1.82, 2.24) is 18.9 Å². The van der Waals surface area contributed by atoms with Gasteiger partial charge in [-0.1, -0.05) is 48.0 Å². The highest BCUT2D eigenvalue weighted by Gasteiger charge is 2.69. The summed E-state index contributed by atoms with van der Waals surface area (Å²) in [6.07, 6.45) is 1.80. The molecule has 242 valence electrons. The van der Waals surface area contributed by atoms with Crippen LogP contribution in [0.25, 0.3) is 5.69 Å². The van der Waals surface area contributed by atoms with E-state index >= 15 is 4.79 Å². The lowest BCUT2D eigenvalue weighted by molar-refractivity contribution is -0.138. The van der Waals surface area contributed by atoms with Crippen molar-refractivity contribution in [2.24, 2.45) is 5.92 Å². The van der Waals surface area contributed by atoms with Gasteiger partial charge in [0.25, 0.3) is 11.8 Å². The highest BCUT2D eigenvalue weighted by atomic mass is 35.5. The molecular formula is C35H27ClFN5O6. The Hall–Kier alpha value is -5.46. The molecule has 2 N–H and O–H groups in total. The van der Waals surface area contributed by atoms with E-state index in [0.717, 1.165) is 9.58 Å². The molecule has 2 aromatic heterocycles. The second kappa shape index (κ2) is 11.1. The Kier molecular flexibility index (Phi) is 6.90. The second-order valence-corrected chi connectivity index (χ2v) is 12.5. The van der Waals surface area contributed by atoms with Gasteiger partial charge in [-0.05, 0) is 78.2 Å². The fourth-order valence-electron chi connectivity index (χ4n) is 7.66. The van der Waals surface area contributed by atoms with Crippen molar-refractivity contribution < 1.29 is 23.5 Å². The van der Waals surface area contributed by atoms with Gasteiger partial charge in [0.2, 0.25) is 0 Å². The number of nitrogens with zero attached hydrogens (tertiary/aromatic N) is 4. The van der Waals surface area contributed by atoms with Crippen LogP contribution in [0.4, 0.5) is 10.1 Å². The van der Waals surface area contributed by atoms with Crippen LogP contribution in [-0.2, 0) is 28.2 Å². The normalized spacial score (nSPS) is 23.0. The zero-order chi connectivity index (χ0) is 33.3. The quantitative estimate of drug-likeness (QED) is 0.204. The number of nitrogens with one attached hydrogen (secondary N) is 1.